The highest BCUT2D eigenvalue weighted by atomic mass is 16.2. The highest BCUT2D eigenvalue weighted by molar-refractivity contribution is 5.83. The van der Waals surface area contributed by atoms with Gasteiger partial charge in [0.1, 0.15) is 0 Å². The number of nitrogens with one attached hydrogen (secondary N) is 1. The summed E-state index contributed by atoms with van der Waals surface area (Å²) in [6.07, 6.45) is 10.0. The topological polar surface area (TPSA) is 62.2 Å². The zero-order valence-electron chi connectivity index (χ0n) is 14.2. The van der Waals surface area contributed by atoms with Crippen molar-refractivity contribution in [3.8, 4) is 0 Å². The molecule has 4 nitrogen and oxygen atoms in total. The zero-order chi connectivity index (χ0) is 16.5. The minimum atomic E-state index is 0.654. The van der Waals surface area contributed by atoms with E-state index in [2.05, 4.69) is 17.2 Å². The number of hydrogen-bond acceptors (Lipinski definition) is 4. The molecule has 0 aliphatic heterocycles. The van der Waals surface area contributed by atoms with Gasteiger partial charge in [-0.05, 0) is 18.9 Å². The molecule has 2 rings (SSSR count). The molecule has 1 aromatic rings. The Balaban J connectivity index is 0. The van der Waals surface area contributed by atoms with Crippen LogP contribution in [0.5, 0.6) is 0 Å². The summed E-state index contributed by atoms with van der Waals surface area (Å²) in [6, 6.07) is 1.69. The number of hydrogen-bond donors (Lipinski definition) is 2. The Bertz CT molecular complexity index is 337. The smallest absolute Gasteiger partial charge is 0.152 e. The van der Waals surface area contributed by atoms with Crippen molar-refractivity contribution in [2.45, 2.75) is 53.4 Å². The molecule has 1 saturated carbocycles. The number of aliphatic hydroxyl groups is 1. The van der Waals surface area contributed by atoms with Gasteiger partial charge in [0.05, 0.1) is 11.9 Å². The summed E-state index contributed by atoms with van der Waals surface area (Å²) < 4.78 is 0. The fourth-order valence-corrected chi connectivity index (χ4v) is 1.98. The van der Waals surface area contributed by atoms with E-state index in [4.69, 9.17) is 5.11 Å². The van der Waals surface area contributed by atoms with Crippen LogP contribution in [0.25, 0.3) is 0 Å². The molecule has 0 unspecified atom stereocenters. The quantitative estimate of drug-likeness (QED) is 0.822. The minimum absolute atomic E-state index is 0.654. The van der Waals surface area contributed by atoms with Crippen molar-refractivity contribution >= 4 is 12.0 Å². The maximum Gasteiger partial charge on any atom is 0.152 e. The number of nitrogens with zero attached hydrogens (tertiary/aromatic N) is 1. The van der Waals surface area contributed by atoms with Crippen LogP contribution in [0.3, 0.4) is 0 Å². The van der Waals surface area contributed by atoms with E-state index in [0.717, 1.165) is 31.5 Å². The fourth-order valence-electron chi connectivity index (χ4n) is 1.98. The number of carbonyl (C=O) groups excluding carboxylic acids is 1. The second-order valence-electron chi connectivity index (χ2n) is 4.50. The standard InChI is InChI=1S/C8H10N2O.C6H12.C2H6.CH4O/c1-2-10-8-5-9-4-3-7(8)6-11;1-6-4-2-3-5-6;2*1-2/h3-6,10H,2H2,1H3;6H,2-5H2,1H3;1-2H3;2H,1H3. The Kier molecular flexibility index (Phi) is 17.3. The summed E-state index contributed by atoms with van der Waals surface area (Å²) in [7, 11) is 1.00. The molecule has 1 aliphatic rings. The third-order valence-corrected chi connectivity index (χ3v) is 2.99. The third-order valence-electron chi connectivity index (χ3n) is 2.99. The Morgan fingerprint density at radius 3 is 2.29 bits per heavy atom. The van der Waals surface area contributed by atoms with Crippen molar-refractivity contribution in [3.05, 3.63) is 24.0 Å². The molecule has 0 saturated heterocycles. The van der Waals surface area contributed by atoms with E-state index in [-0.39, 0.29) is 0 Å². The van der Waals surface area contributed by atoms with Crippen molar-refractivity contribution < 1.29 is 9.90 Å². The Hall–Kier alpha value is -1.42. The summed E-state index contributed by atoms with van der Waals surface area (Å²) in [5.74, 6) is 1.05. The zero-order valence-corrected chi connectivity index (χ0v) is 14.2. The van der Waals surface area contributed by atoms with Crippen LogP contribution < -0.4 is 5.32 Å². The van der Waals surface area contributed by atoms with E-state index in [0.29, 0.717) is 5.56 Å². The number of rotatable bonds is 3. The first-order chi connectivity index (χ1) is 10.3. The van der Waals surface area contributed by atoms with Crippen LogP contribution in [0.15, 0.2) is 18.5 Å². The normalized spacial score (nSPS) is 12.7. The molecule has 4 heteroatoms. The lowest BCUT2D eigenvalue weighted by atomic mass is 10.2. The van der Waals surface area contributed by atoms with Gasteiger partial charge in [-0.15, -0.1) is 0 Å². The van der Waals surface area contributed by atoms with E-state index in [1.807, 2.05) is 20.8 Å². The lowest BCUT2D eigenvalue weighted by Gasteiger charge is -2.03. The Morgan fingerprint density at radius 1 is 1.33 bits per heavy atom. The summed E-state index contributed by atoms with van der Waals surface area (Å²) in [5.41, 5.74) is 1.45. The minimum Gasteiger partial charge on any atom is -0.400 e. The lowest BCUT2D eigenvalue weighted by Crippen LogP contribution is -2.00. The molecule has 0 bridgehead atoms. The predicted molar refractivity (Wildman–Crippen MR) is 90.9 cm³/mol. The fraction of sp³-hybridized carbons (Fsp3) is 0.647. The Morgan fingerprint density at radius 2 is 1.90 bits per heavy atom. The van der Waals surface area contributed by atoms with Gasteiger partial charge in [-0.25, -0.2) is 0 Å². The van der Waals surface area contributed by atoms with Crippen LogP contribution in [0, 0.1) is 5.92 Å². The average molecular weight is 296 g/mol. The first-order valence-corrected chi connectivity index (χ1v) is 7.85. The molecule has 122 valence electrons. The van der Waals surface area contributed by atoms with Gasteiger partial charge >= 0.3 is 0 Å². The largest absolute Gasteiger partial charge is 0.400 e. The molecule has 1 heterocycles. The first-order valence-electron chi connectivity index (χ1n) is 7.85. The van der Waals surface area contributed by atoms with Gasteiger partial charge in [0.2, 0.25) is 0 Å². The van der Waals surface area contributed by atoms with E-state index in [9.17, 15) is 4.79 Å². The van der Waals surface area contributed by atoms with Crippen LogP contribution in [-0.2, 0) is 0 Å². The van der Waals surface area contributed by atoms with Crippen molar-refractivity contribution in [2.75, 3.05) is 19.0 Å². The SMILES string of the molecule is CC.CC1CCCC1.CCNc1cnccc1C=O.CO. The van der Waals surface area contributed by atoms with Gasteiger partial charge in [0.25, 0.3) is 0 Å². The molecule has 0 spiro atoms. The number of pyridine rings is 1. The molecule has 0 atom stereocenters. The van der Waals surface area contributed by atoms with Gasteiger partial charge in [-0.3, -0.25) is 9.78 Å². The third kappa shape index (κ3) is 11.0. The van der Waals surface area contributed by atoms with Crippen molar-refractivity contribution in [2.24, 2.45) is 5.92 Å². The van der Waals surface area contributed by atoms with Gasteiger partial charge in [-0.2, -0.15) is 0 Å². The monoisotopic (exact) mass is 296 g/mol. The van der Waals surface area contributed by atoms with Gasteiger partial charge < -0.3 is 10.4 Å². The molecular formula is C17H32N2O2. The van der Waals surface area contributed by atoms with Gasteiger partial charge in [0, 0.05) is 25.4 Å². The number of aliphatic hydroxyl groups excluding tert-OH is 1. The Labute approximate surface area is 130 Å². The number of anilines is 1. The number of carbonyl (C=O) groups is 1. The van der Waals surface area contributed by atoms with E-state index in [1.54, 1.807) is 18.5 Å². The highest BCUT2D eigenvalue weighted by Crippen LogP contribution is 2.22. The molecule has 1 aromatic heterocycles. The van der Waals surface area contributed by atoms with E-state index < -0.39 is 0 Å². The lowest BCUT2D eigenvalue weighted by molar-refractivity contribution is 0.112. The molecule has 0 amide bonds. The van der Waals surface area contributed by atoms with Crippen LogP contribution >= 0.6 is 0 Å². The maximum absolute atomic E-state index is 10.4. The molecule has 21 heavy (non-hydrogen) atoms. The van der Waals surface area contributed by atoms with E-state index in [1.165, 1.54) is 25.7 Å². The molecule has 1 aliphatic carbocycles. The second kappa shape index (κ2) is 16.6. The summed E-state index contributed by atoms with van der Waals surface area (Å²) in [6.45, 7) is 9.11. The van der Waals surface area contributed by atoms with E-state index >= 15 is 0 Å². The summed E-state index contributed by atoms with van der Waals surface area (Å²) in [5, 5.41) is 10.0. The first kappa shape index (κ1) is 21.9. The summed E-state index contributed by atoms with van der Waals surface area (Å²) in [4.78, 5) is 14.3. The van der Waals surface area contributed by atoms with Gasteiger partial charge in [-0.1, -0.05) is 46.5 Å². The van der Waals surface area contributed by atoms with Gasteiger partial charge in [0.15, 0.2) is 6.29 Å². The molecule has 1 fully saturated rings. The molecule has 0 aromatic carbocycles. The van der Waals surface area contributed by atoms with Crippen LogP contribution in [0.2, 0.25) is 0 Å². The maximum atomic E-state index is 10.4. The molecule has 0 radical (unpaired) electrons. The van der Waals surface area contributed by atoms with Crippen molar-refractivity contribution in [1.82, 2.24) is 4.98 Å². The molecule has 2 N–H and O–H groups in total. The average Bonchev–Trinajstić information content (AvgIpc) is 3.04. The second-order valence-corrected chi connectivity index (χ2v) is 4.50. The van der Waals surface area contributed by atoms with Crippen LogP contribution in [0.4, 0.5) is 5.69 Å². The van der Waals surface area contributed by atoms with Crippen molar-refractivity contribution in [3.63, 3.8) is 0 Å². The van der Waals surface area contributed by atoms with Crippen molar-refractivity contribution in [1.29, 1.82) is 0 Å². The summed E-state index contributed by atoms with van der Waals surface area (Å²) >= 11 is 0. The molecular weight excluding hydrogens is 264 g/mol. The van der Waals surface area contributed by atoms with Crippen LogP contribution in [-0.4, -0.2) is 30.0 Å². The predicted octanol–water partition coefficient (Wildman–Crippen LogP) is 4.16. The highest BCUT2D eigenvalue weighted by Gasteiger charge is 2.07. The number of aromatic nitrogens is 1. The van der Waals surface area contributed by atoms with Crippen LogP contribution in [0.1, 0.15) is 63.7 Å². The number of aldehydes is 1.